The lowest BCUT2D eigenvalue weighted by Gasteiger charge is -2.17. The summed E-state index contributed by atoms with van der Waals surface area (Å²) in [5.41, 5.74) is -0.226. The van der Waals surface area contributed by atoms with E-state index in [0.717, 1.165) is 12.7 Å². The maximum Gasteiger partial charge on any atom is 0.339 e. The number of aromatic carboxylic acids is 1. The zero-order valence-electron chi connectivity index (χ0n) is 14.8. The molecule has 7 nitrogen and oxygen atoms in total. The summed E-state index contributed by atoms with van der Waals surface area (Å²) in [6, 6.07) is 1.37. The number of rotatable bonds is 6. The minimum atomic E-state index is -3.77. The van der Waals surface area contributed by atoms with Crippen molar-refractivity contribution in [3.63, 3.8) is 0 Å². The van der Waals surface area contributed by atoms with E-state index in [4.69, 9.17) is 32.7 Å². The van der Waals surface area contributed by atoms with Crippen molar-refractivity contribution < 1.29 is 27.8 Å². The molecule has 1 N–H and O–H groups in total. The Kier molecular flexibility index (Phi) is 7.52. The molecule has 1 aromatic heterocycles. The van der Waals surface area contributed by atoms with Gasteiger partial charge in [0.05, 0.1) is 40.3 Å². The van der Waals surface area contributed by atoms with E-state index in [1.54, 1.807) is 0 Å². The van der Waals surface area contributed by atoms with Gasteiger partial charge in [-0.2, -0.15) is 0 Å². The molecule has 0 aliphatic carbocycles. The van der Waals surface area contributed by atoms with Crippen LogP contribution in [-0.2, 0) is 25.9 Å². The van der Waals surface area contributed by atoms with Gasteiger partial charge in [-0.1, -0.05) is 23.2 Å². The van der Waals surface area contributed by atoms with Crippen molar-refractivity contribution in [2.75, 3.05) is 26.1 Å². The Balaban J connectivity index is 0.00000280. The summed E-state index contributed by atoms with van der Waals surface area (Å²) < 4.78 is 35.9. The molecule has 0 amide bonds. The maximum atomic E-state index is 12.5. The Hall–Kier alpha value is -1.16. The second kappa shape index (κ2) is 9.11. The minimum Gasteiger partial charge on any atom is -0.478 e. The van der Waals surface area contributed by atoms with Crippen molar-refractivity contribution in [2.45, 2.75) is 17.9 Å². The third kappa shape index (κ3) is 4.69. The van der Waals surface area contributed by atoms with Gasteiger partial charge in [0.25, 0.3) is 0 Å². The molecule has 0 spiro atoms. The highest BCUT2D eigenvalue weighted by molar-refractivity contribution is 7.91. The molecule has 0 saturated carbocycles. The van der Waals surface area contributed by atoms with Crippen molar-refractivity contribution >= 4 is 62.3 Å². The molecule has 1 aliphatic rings. The Labute approximate surface area is 178 Å². The molecule has 1 aliphatic heterocycles. The van der Waals surface area contributed by atoms with Gasteiger partial charge >= 0.3 is 5.97 Å². The van der Waals surface area contributed by atoms with Crippen molar-refractivity contribution in [1.82, 2.24) is 4.98 Å². The molecule has 1 fully saturated rings. The quantitative estimate of drug-likeness (QED) is 0.688. The van der Waals surface area contributed by atoms with Gasteiger partial charge < -0.3 is 14.6 Å². The van der Waals surface area contributed by atoms with Crippen molar-refractivity contribution in [3.8, 4) is 0 Å². The number of halogens is 3. The van der Waals surface area contributed by atoms with Gasteiger partial charge in [0.15, 0.2) is 9.84 Å². The topological polar surface area (TPSA) is 103 Å². The van der Waals surface area contributed by atoms with Crippen LogP contribution in [0.2, 0.25) is 10.0 Å². The third-order valence-corrected chi connectivity index (χ3v) is 6.13. The van der Waals surface area contributed by atoms with Crippen molar-refractivity contribution in [1.29, 1.82) is 0 Å². The Bertz CT molecular complexity index is 1010. The number of benzene rings is 1. The number of sulfone groups is 1. The number of aromatic nitrogens is 1. The molecule has 0 bridgehead atoms. The van der Waals surface area contributed by atoms with Gasteiger partial charge in [-0.3, -0.25) is 4.98 Å². The van der Waals surface area contributed by atoms with Crippen molar-refractivity contribution in [3.05, 3.63) is 33.4 Å². The lowest BCUT2D eigenvalue weighted by Crippen LogP contribution is -2.14. The molecule has 11 heteroatoms. The van der Waals surface area contributed by atoms with Crippen LogP contribution in [0.3, 0.4) is 0 Å². The zero-order valence-corrected chi connectivity index (χ0v) is 17.9. The Morgan fingerprint density at radius 1 is 1.43 bits per heavy atom. The molecule has 154 valence electrons. The van der Waals surface area contributed by atoms with Crippen LogP contribution in [0.5, 0.6) is 0 Å². The number of carboxylic acids is 1. The van der Waals surface area contributed by atoms with E-state index >= 15 is 0 Å². The van der Waals surface area contributed by atoms with Crippen LogP contribution >= 0.6 is 35.6 Å². The summed E-state index contributed by atoms with van der Waals surface area (Å²) in [5.74, 6) is -1.11. The standard InChI is InChI=1S/C17H17Cl2NO6S.ClH/c1-27(23,24)16-11-4-10(18)5-20-15(11)13(17(21)22)14(19)12(16)8-26-7-9-2-3-25-6-9;/h4-5,9H,2-3,6-8H2,1H3,(H,21,22);1H. The highest BCUT2D eigenvalue weighted by Gasteiger charge is 2.28. The fourth-order valence-electron chi connectivity index (χ4n) is 3.12. The Morgan fingerprint density at radius 3 is 2.71 bits per heavy atom. The third-order valence-electron chi connectivity index (χ3n) is 4.30. The molecular formula is C17H18Cl3NO6S. The van der Waals surface area contributed by atoms with Crippen LogP contribution in [0.4, 0.5) is 0 Å². The van der Waals surface area contributed by atoms with E-state index in [9.17, 15) is 18.3 Å². The number of nitrogens with zero attached hydrogens (tertiary/aromatic N) is 1. The average Bonchev–Trinajstić information content (AvgIpc) is 3.07. The summed E-state index contributed by atoms with van der Waals surface area (Å²) in [5, 5.41) is 9.67. The summed E-state index contributed by atoms with van der Waals surface area (Å²) >= 11 is 12.3. The van der Waals surface area contributed by atoms with Crippen LogP contribution < -0.4 is 0 Å². The van der Waals surface area contributed by atoms with Crippen LogP contribution in [0.25, 0.3) is 10.9 Å². The monoisotopic (exact) mass is 469 g/mol. The van der Waals surface area contributed by atoms with Gasteiger partial charge in [-0.05, 0) is 12.5 Å². The molecule has 1 unspecified atom stereocenters. The fraction of sp³-hybridized carbons (Fsp3) is 0.412. The van der Waals surface area contributed by atoms with E-state index in [-0.39, 0.29) is 61.9 Å². The van der Waals surface area contributed by atoms with E-state index in [1.165, 1.54) is 12.3 Å². The SMILES string of the molecule is CS(=O)(=O)c1c(COCC2CCOC2)c(Cl)c(C(=O)O)c2ncc(Cl)cc12.Cl. The molecule has 0 radical (unpaired) electrons. The van der Waals surface area contributed by atoms with E-state index in [0.29, 0.717) is 19.8 Å². The summed E-state index contributed by atoms with van der Waals surface area (Å²) in [7, 11) is -3.77. The number of hydrogen-bond donors (Lipinski definition) is 1. The smallest absolute Gasteiger partial charge is 0.339 e. The van der Waals surface area contributed by atoms with Gasteiger partial charge in [-0.15, -0.1) is 12.4 Å². The first-order chi connectivity index (χ1) is 12.7. The number of carbonyl (C=O) groups is 1. The highest BCUT2D eigenvalue weighted by Crippen LogP contribution is 2.37. The second-order valence-electron chi connectivity index (χ2n) is 6.37. The van der Waals surface area contributed by atoms with Gasteiger partial charge in [0.2, 0.25) is 0 Å². The molecule has 3 rings (SSSR count). The second-order valence-corrected chi connectivity index (χ2v) is 9.14. The molecule has 1 atom stereocenters. The van der Waals surface area contributed by atoms with E-state index < -0.39 is 15.8 Å². The lowest BCUT2D eigenvalue weighted by atomic mass is 10.0. The maximum absolute atomic E-state index is 12.5. The number of ether oxygens (including phenoxy) is 2. The van der Waals surface area contributed by atoms with Crippen LogP contribution in [0.1, 0.15) is 22.3 Å². The van der Waals surface area contributed by atoms with E-state index in [1.807, 2.05) is 0 Å². The predicted molar refractivity (Wildman–Crippen MR) is 108 cm³/mol. The minimum absolute atomic E-state index is 0. The molecule has 2 heterocycles. The molecule has 1 aromatic carbocycles. The number of carboxylic acid groups (broad SMARTS) is 1. The lowest BCUT2D eigenvalue weighted by molar-refractivity contribution is 0.0696. The summed E-state index contributed by atoms with van der Waals surface area (Å²) in [6.45, 7) is 1.44. The first-order valence-electron chi connectivity index (χ1n) is 8.08. The summed E-state index contributed by atoms with van der Waals surface area (Å²) in [4.78, 5) is 15.6. The predicted octanol–water partition coefficient (Wildman–Crippen LogP) is 3.62. The highest BCUT2D eigenvalue weighted by atomic mass is 35.5. The fourth-order valence-corrected chi connectivity index (χ4v) is 4.82. The molecular weight excluding hydrogens is 453 g/mol. The first-order valence-corrected chi connectivity index (χ1v) is 10.7. The largest absolute Gasteiger partial charge is 0.478 e. The number of hydrogen-bond acceptors (Lipinski definition) is 6. The number of pyridine rings is 1. The van der Waals surface area contributed by atoms with Crippen LogP contribution in [-0.4, -0.2) is 50.6 Å². The van der Waals surface area contributed by atoms with Gasteiger partial charge in [0, 0.05) is 35.9 Å². The average molecular weight is 471 g/mol. The molecule has 1 saturated heterocycles. The molecule has 2 aromatic rings. The zero-order chi connectivity index (χ0) is 19.8. The Morgan fingerprint density at radius 2 is 2.14 bits per heavy atom. The van der Waals surface area contributed by atoms with Crippen molar-refractivity contribution in [2.24, 2.45) is 5.92 Å². The summed E-state index contributed by atoms with van der Waals surface area (Å²) in [6.07, 6.45) is 3.12. The number of fused-ring (bicyclic) bond motifs is 1. The normalized spacial score (nSPS) is 16.9. The van der Waals surface area contributed by atoms with Gasteiger partial charge in [-0.25, -0.2) is 13.2 Å². The van der Waals surface area contributed by atoms with Crippen LogP contribution in [0.15, 0.2) is 17.2 Å². The van der Waals surface area contributed by atoms with Gasteiger partial charge in [0.1, 0.15) is 5.56 Å². The van der Waals surface area contributed by atoms with E-state index in [2.05, 4.69) is 4.98 Å². The first kappa shape index (κ1) is 23.1. The van der Waals surface area contributed by atoms with Crippen LogP contribution in [0, 0.1) is 5.92 Å². The molecule has 28 heavy (non-hydrogen) atoms.